The molecule has 10 heteroatoms. The smallest absolute Gasteiger partial charge is 0.210 e. The molecule has 1 radical (unpaired) electrons. The summed E-state index contributed by atoms with van der Waals surface area (Å²) in [5.74, 6) is 0. The van der Waals surface area contributed by atoms with Crippen molar-refractivity contribution in [2.45, 2.75) is 11.0 Å². The van der Waals surface area contributed by atoms with Crippen molar-refractivity contribution < 1.29 is 34.8 Å². The van der Waals surface area contributed by atoms with Crippen LogP contribution in [0, 0.1) is 0 Å². The zero-order chi connectivity index (χ0) is 9.50. The first-order valence-corrected chi connectivity index (χ1v) is 3.36. The maximum absolute atomic E-state index is 11.0. The van der Waals surface area contributed by atoms with Crippen molar-refractivity contribution in [2.75, 3.05) is 0 Å². The maximum Gasteiger partial charge on any atom is 0.506 e. The number of alkyl halides is 6. The molecule has 0 bridgehead atoms. The first-order valence-electron chi connectivity index (χ1n) is 1.88. The molecule has 0 aliphatic rings. The molecule has 0 N–H and O–H groups in total. The van der Waals surface area contributed by atoms with Gasteiger partial charge in [-0.25, -0.2) is 8.42 Å². The summed E-state index contributed by atoms with van der Waals surface area (Å²) in [7, 11) is -7.01. The fraction of sp³-hybridized carbons (Fsp3) is 1.00. The molecule has 0 unspecified atom stereocenters. The van der Waals surface area contributed by atoms with Crippen LogP contribution < -0.4 is 0 Å². The fourth-order valence-corrected chi connectivity index (χ4v) is 0.394. The first-order chi connectivity index (χ1) is 4.50. The Morgan fingerprint density at radius 3 is 0.917 bits per heavy atom. The zero-order valence-corrected chi connectivity index (χ0v) is 6.31. The van der Waals surface area contributed by atoms with Gasteiger partial charge < -0.3 is 0 Å². The van der Waals surface area contributed by atoms with Crippen molar-refractivity contribution in [3.8, 4) is 0 Å². The van der Waals surface area contributed by atoms with Crippen LogP contribution in [-0.2, 0) is 9.84 Å². The third-order valence-electron chi connectivity index (χ3n) is 0.609. The Morgan fingerprint density at radius 1 is 0.750 bits per heavy atom. The molecule has 0 spiro atoms. The van der Waals surface area contributed by atoms with Crippen molar-refractivity contribution >= 4 is 28.7 Å². The average molecular weight is 209 g/mol. The van der Waals surface area contributed by atoms with Crippen molar-refractivity contribution in [3.05, 3.63) is 0 Å². The van der Waals surface area contributed by atoms with Gasteiger partial charge in [-0.1, -0.05) is 0 Å². The quantitative estimate of drug-likeness (QED) is 0.441. The monoisotopic (exact) mass is 209 g/mol. The third kappa shape index (κ3) is 2.57. The molecule has 0 fully saturated rings. The number of hydrogen-bond donors (Lipinski definition) is 0. The SMILES string of the molecule is O=S(=O)(C(F)(F)F)C(F)(F)F.[Li]. The molecular formula is C2F6LiO2S. The second-order valence-corrected chi connectivity index (χ2v) is 3.33. The molecule has 69 valence electrons. The van der Waals surface area contributed by atoms with Crippen LogP contribution in [0.25, 0.3) is 0 Å². The van der Waals surface area contributed by atoms with E-state index >= 15 is 0 Å². The van der Waals surface area contributed by atoms with Crippen LogP contribution in [0.2, 0.25) is 0 Å². The summed E-state index contributed by atoms with van der Waals surface area (Å²) in [6, 6.07) is 0. The van der Waals surface area contributed by atoms with Crippen LogP contribution in [0.1, 0.15) is 0 Å². The van der Waals surface area contributed by atoms with Crippen LogP contribution in [0.4, 0.5) is 26.3 Å². The van der Waals surface area contributed by atoms with Crippen molar-refractivity contribution in [3.63, 3.8) is 0 Å². The van der Waals surface area contributed by atoms with Crippen LogP contribution in [0.5, 0.6) is 0 Å². The van der Waals surface area contributed by atoms with E-state index in [1.807, 2.05) is 0 Å². The Bertz CT molecular complexity index is 215. The van der Waals surface area contributed by atoms with E-state index in [0.717, 1.165) is 0 Å². The van der Waals surface area contributed by atoms with E-state index in [2.05, 4.69) is 0 Å². The predicted molar refractivity (Wildman–Crippen MR) is 26.8 cm³/mol. The van der Waals surface area contributed by atoms with Crippen LogP contribution in [-0.4, -0.2) is 38.3 Å². The van der Waals surface area contributed by atoms with Crippen molar-refractivity contribution in [1.29, 1.82) is 0 Å². The summed E-state index contributed by atoms with van der Waals surface area (Å²) in [6.07, 6.45) is 0. The largest absolute Gasteiger partial charge is 0.506 e. The van der Waals surface area contributed by atoms with Crippen LogP contribution in [0.3, 0.4) is 0 Å². The minimum absolute atomic E-state index is 0. The van der Waals surface area contributed by atoms with E-state index in [9.17, 15) is 34.8 Å². The molecule has 0 saturated heterocycles. The van der Waals surface area contributed by atoms with Gasteiger partial charge in [-0.05, 0) is 0 Å². The van der Waals surface area contributed by atoms with Crippen LogP contribution in [0.15, 0.2) is 0 Å². The second-order valence-electron chi connectivity index (χ2n) is 1.39. The fourth-order valence-electron chi connectivity index (χ4n) is 0.131. The van der Waals surface area contributed by atoms with Gasteiger partial charge in [-0.2, -0.15) is 26.3 Å². The molecule has 0 aromatic heterocycles. The van der Waals surface area contributed by atoms with Crippen molar-refractivity contribution in [1.82, 2.24) is 0 Å². The molecule has 0 atom stereocenters. The van der Waals surface area contributed by atoms with Gasteiger partial charge in [0.15, 0.2) is 0 Å². The van der Waals surface area contributed by atoms with E-state index in [1.54, 1.807) is 0 Å². The summed E-state index contributed by atoms with van der Waals surface area (Å²) in [4.78, 5) is 0. The molecule has 0 aliphatic carbocycles. The minimum atomic E-state index is -7.01. The summed E-state index contributed by atoms with van der Waals surface area (Å²) < 4.78 is 85.0. The van der Waals surface area contributed by atoms with Gasteiger partial charge in [0, 0.05) is 18.9 Å². The number of sulfone groups is 1. The molecular weight excluding hydrogens is 209 g/mol. The summed E-state index contributed by atoms with van der Waals surface area (Å²) in [5, 5.41) is 0. The van der Waals surface area contributed by atoms with E-state index in [4.69, 9.17) is 0 Å². The molecule has 0 rings (SSSR count). The van der Waals surface area contributed by atoms with E-state index in [1.165, 1.54) is 0 Å². The Kier molecular flexibility index (Phi) is 4.24. The van der Waals surface area contributed by atoms with E-state index < -0.39 is 20.9 Å². The number of hydrogen-bond acceptors (Lipinski definition) is 2. The standard InChI is InChI=1S/C2F6O2S.Li/c3-1(4,5)11(9,10)2(6,7)8;. The predicted octanol–water partition coefficient (Wildman–Crippen LogP) is 1.06. The number of halogens is 6. The van der Waals surface area contributed by atoms with Crippen molar-refractivity contribution in [2.24, 2.45) is 0 Å². The Balaban J connectivity index is 0. The zero-order valence-electron chi connectivity index (χ0n) is 5.49. The Hall–Kier alpha value is 0.127. The molecule has 2 nitrogen and oxygen atoms in total. The third-order valence-corrected chi connectivity index (χ3v) is 1.83. The first kappa shape index (κ1) is 14.6. The topological polar surface area (TPSA) is 34.1 Å². The second kappa shape index (κ2) is 3.47. The van der Waals surface area contributed by atoms with Gasteiger partial charge in [0.25, 0.3) is 0 Å². The van der Waals surface area contributed by atoms with E-state index in [0.29, 0.717) is 0 Å². The Labute approximate surface area is 75.0 Å². The van der Waals surface area contributed by atoms with Gasteiger partial charge in [-0.15, -0.1) is 0 Å². The minimum Gasteiger partial charge on any atom is -0.210 e. The molecule has 0 amide bonds. The summed E-state index contributed by atoms with van der Waals surface area (Å²) in [5.41, 5.74) is -12.5. The van der Waals surface area contributed by atoms with Gasteiger partial charge in [0.2, 0.25) is 0 Å². The number of rotatable bonds is 0. The van der Waals surface area contributed by atoms with Gasteiger partial charge in [0.05, 0.1) is 0 Å². The summed E-state index contributed by atoms with van der Waals surface area (Å²) >= 11 is 0. The molecule has 12 heavy (non-hydrogen) atoms. The normalized spacial score (nSPS) is 13.8. The Morgan fingerprint density at radius 2 is 0.917 bits per heavy atom. The summed E-state index contributed by atoms with van der Waals surface area (Å²) in [6.45, 7) is 0. The van der Waals surface area contributed by atoms with E-state index in [-0.39, 0.29) is 18.9 Å². The molecule has 0 aromatic rings. The maximum atomic E-state index is 11.0. The van der Waals surface area contributed by atoms with Gasteiger partial charge in [0.1, 0.15) is 0 Å². The van der Waals surface area contributed by atoms with Crippen LogP contribution >= 0.6 is 0 Å². The molecule has 0 aromatic carbocycles. The molecule has 0 saturated carbocycles. The van der Waals surface area contributed by atoms with Gasteiger partial charge in [-0.3, -0.25) is 0 Å². The average Bonchev–Trinajstić information content (AvgIpc) is 1.58. The molecule has 0 aliphatic heterocycles. The van der Waals surface area contributed by atoms with Gasteiger partial charge >= 0.3 is 20.9 Å². The molecule has 0 heterocycles.